The highest BCUT2D eigenvalue weighted by Gasteiger charge is 2.37. The largest absolute Gasteiger partial charge is 0.418 e. The summed E-state index contributed by atoms with van der Waals surface area (Å²) in [4.78, 5) is 0. The molecule has 0 radical (unpaired) electrons. The Hall–Kier alpha value is -2.79. The third-order valence-electron chi connectivity index (χ3n) is 2.68. The molecule has 1 aromatic heterocycles. The van der Waals surface area contributed by atoms with Crippen molar-refractivity contribution in [1.82, 2.24) is 10.2 Å². The third-order valence-corrected chi connectivity index (χ3v) is 2.68. The smallest absolute Gasteiger partial charge is 0.382 e. The van der Waals surface area contributed by atoms with Gasteiger partial charge in [-0.3, -0.25) is 5.10 Å². The quantitative estimate of drug-likeness (QED) is 0.568. The van der Waals surface area contributed by atoms with Gasteiger partial charge in [-0.25, -0.2) is 0 Å². The van der Waals surface area contributed by atoms with Crippen molar-refractivity contribution in [2.45, 2.75) is 12.4 Å². The van der Waals surface area contributed by atoms with Gasteiger partial charge in [-0.1, -0.05) is 0 Å². The SMILES string of the molecule is Nc1n[nH]c(N)c1N=Nc1cc(C(F)(F)F)ccc1C(F)(F)F. The number of H-pyrrole nitrogens is 1. The lowest BCUT2D eigenvalue weighted by Gasteiger charge is -2.12. The van der Waals surface area contributed by atoms with Crippen molar-refractivity contribution >= 4 is 23.0 Å². The molecular weight excluding hydrogens is 330 g/mol. The van der Waals surface area contributed by atoms with Crippen LogP contribution in [-0.2, 0) is 12.4 Å². The van der Waals surface area contributed by atoms with Crippen LogP contribution in [0.25, 0.3) is 0 Å². The highest BCUT2D eigenvalue weighted by Crippen LogP contribution is 2.41. The molecule has 0 aliphatic carbocycles. The van der Waals surface area contributed by atoms with Crippen LogP contribution < -0.4 is 11.5 Å². The number of aromatic nitrogens is 2. The van der Waals surface area contributed by atoms with Gasteiger partial charge in [0.15, 0.2) is 11.5 Å². The second-order valence-electron chi connectivity index (χ2n) is 4.30. The van der Waals surface area contributed by atoms with E-state index in [4.69, 9.17) is 11.5 Å². The maximum atomic E-state index is 12.9. The molecule has 0 atom stereocenters. The lowest BCUT2D eigenvalue weighted by atomic mass is 10.1. The second kappa shape index (κ2) is 5.44. The Bertz CT molecular complexity index is 725. The Morgan fingerprint density at radius 3 is 2.09 bits per heavy atom. The number of halogens is 6. The number of benzene rings is 1. The molecule has 0 amide bonds. The lowest BCUT2D eigenvalue weighted by Crippen LogP contribution is -2.09. The number of hydrogen-bond acceptors (Lipinski definition) is 5. The highest BCUT2D eigenvalue weighted by molar-refractivity contribution is 5.70. The predicted molar refractivity (Wildman–Crippen MR) is 68.0 cm³/mol. The molecule has 2 aromatic rings. The summed E-state index contributed by atoms with van der Waals surface area (Å²) in [5.41, 5.74) is 6.76. The Morgan fingerprint density at radius 1 is 0.957 bits per heavy atom. The summed E-state index contributed by atoms with van der Waals surface area (Å²) in [6.45, 7) is 0. The Labute approximate surface area is 124 Å². The van der Waals surface area contributed by atoms with Gasteiger partial charge >= 0.3 is 12.4 Å². The maximum absolute atomic E-state index is 12.9. The molecule has 0 saturated heterocycles. The average molecular weight is 338 g/mol. The summed E-state index contributed by atoms with van der Waals surface area (Å²) in [5.74, 6) is -0.446. The zero-order chi connectivity index (χ0) is 17.4. The van der Waals surface area contributed by atoms with Gasteiger partial charge in [0.2, 0.25) is 0 Å². The topological polar surface area (TPSA) is 105 Å². The van der Waals surface area contributed by atoms with E-state index in [1.54, 1.807) is 0 Å². The molecule has 1 aromatic carbocycles. The number of rotatable bonds is 2. The van der Waals surface area contributed by atoms with Crippen LogP contribution in [0.3, 0.4) is 0 Å². The first-order chi connectivity index (χ1) is 10.5. The van der Waals surface area contributed by atoms with Gasteiger partial charge in [-0.2, -0.15) is 31.4 Å². The molecule has 0 aliphatic heterocycles. The fourth-order valence-electron chi connectivity index (χ4n) is 1.60. The van der Waals surface area contributed by atoms with E-state index in [1.165, 1.54) is 0 Å². The Morgan fingerprint density at radius 2 is 1.61 bits per heavy atom. The van der Waals surface area contributed by atoms with Crippen molar-refractivity contribution in [3.8, 4) is 0 Å². The second-order valence-corrected chi connectivity index (χ2v) is 4.30. The van der Waals surface area contributed by atoms with Crippen LogP contribution in [0, 0.1) is 0 Å². The van der Waals surface area contributed by atoms with Crippen LogP contribution in [0.2, 0.25) is 0 Å². The number of nitrogen functional groups attached to an aromatic ring is 2. The van der Waals surface area contributed by atoms with E-state index in [0.29, 0.717) is 6.07 Å². The normalized spacial score (nSPS) is 13.0. The van der Waals surface area contributed by atoms with Crippen LogP contribution in [0.4, 0.5) is 49.4 Å². The Kier molecular flexibility index (Phi) is 3.92. The minimum Gasteiger partial charge on any atom is -0.382 e. The summed E-state index contributed by atoms with van der Waals surface area (Å²) >= 11 is 0. The van der Waals surface area contributed by atoms with E-state index < -0.39 is 29.2 Å². The number of anilines is 2. The molecule has 0 spiro atoms. The van der Waals surface area contributed by atoms with E-state index >= 15 is 0 Å². The first kappa shape index (κ1) is 16.6. The molecule has 5 N–H and O–H groups in total. The van der Waals surface area contributed by atoms with Gasteiger partial charge in [0.05, 0.1) is 16.8 Å². The predicted octanol–water partition coefficient (Wildman–Crippen LogP) is 4.03. The van der Waals surface area contributed by atoms with Crippen LogP contribution in [-0.4, -0.2) is 10.2 Å². The van der Waals surface area contributed by atoms with E-state index in [1.807, 2.05) is 0 Å². The fraction of sp³-hybridized carbons (Fsp3) is 0.182. The standard InChI is InChI=1S/C11H8F6N6/c12-10(13,14)4-1-2-5(11(15,16)17)6(3-4)20-21-7-8(18)22-23-9(7)19/h1-3H,(H5,18,19,22,23). The van der Waals surface area contributed by atoms with Gasteiger partial charge in [-0.05, 0) is 18.2 Å². The molecule has 124 valence electrons. The average Bonchev–Trinajstić information content (AvgIpc) is 2.73. The van der Waals surface area contributed by atoms with Crippen LogP contribution in [0.1, 0.15) is 11.1 Å². The highest BCUT2D eigenvalue weighted by atomic mass is 19.4. The summed E-state index contributed by atoms with van der Waals surface area (Å²) < 4.78 is 76.4. The number of nitrogens with one attached hydrogen (secondary N) is 1. The minimum atomic E-state index is -4.91. The zero-order valence-corrected chi connectivity index (χ0v) is 11.0. The molecule has 1 heterocycles. The summed E-state index contributed by atoms with van der Waals surface area (Å²) in [6, 6.07) is 0.820. The molecule has 0 bridgehead atoms. The summed E-state index contributed by atoms with van der Waals surface area (Å²) in [5, 5.41) is 12.2. The zero-order valence-electron chi connectivity index (χ0n) is 11.0. The van der Waals surface area contributed by atoms with Gasteiger partial charge in [0.1, 0.15) is 5.82 Å². The minimum absolute atomic E-state index is 0.188. The molecular formula is C11H8F6N6. The van der Waals surface area contributed by atoms with Gasteiger partial charge in [0.25, 0.3) is 0 Å². The molecule has 0 fully saturated rings. The van der Waals surface area contributed by atoms with Crippen molar-refractivity contribution < 1.29 is 26.3 Å². The Balaban J connectivity index is 2.54. The molecule has 2 rings (SSSR count). The van der Waals surface area contributed by atoms with Crippen molar-refractivity contribution in [2.75, 3.05) is 11.5 Å². The number of aromatic amines is 1. The van der Waals surface area contributed by atoms with Crippen molar-refractivity contribution in [3.63, 3.8) is 0 Å². The molecule has 12 heteroatoms. The van der Waals surface area contributed by atoms with Gasteiger partial charge in [-0.15, -0.1) is 10.2 Å². The molecule has 0 unspecified atom stereocenters. The molecule has 0 aliphatic rings. The van der Waals surface area contributed by atoms with E-state index in [0.717, 1.165) is 0 Å². The van der Waals surface area contributed by atoms with Gasteiger partial charge < -0.3 is 11.5 Å². The van der Waals surface area contributed by atoms with Crippen molar-refractivity contribution in [3.05, 3.63) is 29.3 Å². The maximum Gasteiger partial charge on any atom is 0.418 e. The lowest BCUT2D eigenvalue weighted by molar-refractivity contribution is -0.140. The number of alkyl halides is 6. The number of nitrogens with zero attached hydrogens (tertiary/aromatic N) is 3. The molecule has 0 saturated carbocycles. The first-order valence-corrected chi connectivity index (χ1v) is 5.79. The number of nitrogens with two attached hydrogens (primary N) is 2. The summed E-state index contributed by atoms with van der Waals surface area (Å²) in [6.07, 6.45) is -9.74. The van der Waals surface area contributed by atoms with Crippen LogP contribution >= 0.6 is 0 Å². The van der Waals surface area contributed by atoms with E-state index in [9.17, 15) is 26.3 Å². The molecule has 23 heavy (non-hydrogen) atoms. The summed E-state index contributed by atoms with van der Waals surface area (Å²) in [7, 11) is 0. The monoisotopic (exact) mass is 338 g/mol. The van der Waals surface area contributed by atoms with Crippen molar-refractivity contribution in [1.29, 1.82) is 0 Å². The van der Waals surface area contributed by atoms with Crippen LogP contribution in [0.15, 0.2) is 28.4 Å². The fourth-order valence-corrected chi connectivity index (χ4v) is 1.60. The van der Waals surface area contributed by atoms with Crippen LogP contribution in [0.5, 0.6) is 0 Å². The third kappa shape index (κ3) is 3.52. The van der Waals surface area contributed by atoms with E-state index in [-0.39, 0.29) is 29.5 Å². The number of azo groups is 1. The molecule has 6 nitrogen and oxygen atoms in total. The first-order valence-electron chi connectivity index (χ1n) is 5.79. The number of hydrogen-bond donors (Lipinski definition) is 3. The van der Waals surface area contributed by atoms with Crippen molar-refractivity contribution in [2.24, 2.45) is 10.2 Å². The van der Waals surface area contributed by atoms with E-state index in [2.05, 4.69) is 20.4 Å². The van der Waals surface area contributed by atoms with Gasteiger partial charge in [0, 0.05) is 0 Å².